The molecular formula is C16H18ClN3O4. The van der Waals surface area contributed by atoms with Crippen LogP contribution in [0.4, 0.5) is 5.69 Å². The van der Waals surface area contributed by atoms with Crippen LogP contribution in [-0.2, 0) is 24.2 Å². The second-order valence-electron chi connectivity index (χ2n) is 5.41. The zero-order valence-electron chi connectivity index (χ0n) is 13.2. The molecular weight excluding hydrogens is 334 g/mol. The number of halogens is 1. The van der Waals surface area contributed by atoms with Gasteiger partial charge in [-0.2, -0.15) is 0 Å². The summed E-state index contributed by atoms with van der Waals surface area (Å²) in [5.74, 6) is -0.370. The maximum Gasteiger partial charge on any atom is 0.309 e. The van der Waals surface area contributed by atoms with Crippen LogP contribution < -0.4 is 0 Å². The first kappa shape index (κ1) is 17.9. The molecule has 2 aromatic rings. The lowest BCUT2D eigenvalue weighted by Crippen LogP contribution is -2.07. The van der Waals surface area contributed by atoms with Crippen LogP contribution in [0.5, 0.6) is 0 Å². The van der Waals surface area contributed by atoms with E-state index < -0.39 is 10.9 Å². The first-order valence-corrected chi connectivity index (χ1v) is 7.99. The number of carboxylic acid groups (broad SMARTS) is 1. The Morgan fingerprint density at radius 2 is 2.12 bits per heavy atom. The van der Waals surface area contributed by atoms with Gasteiger partial charge in [-0.1, -0.05) is 43.1 Å². The molecule has 0 bridgehead atoms. The molecule has 1 aromatic heterocycles. The average molecular weight is 352 g/mol. The molecule has 0 atom stereocenters. The summed E-state index contributed by atoms with van der Waals surface area (Å²) in [4.78, 5) is 26.0. The van der Waals surface area contributed by atoms with Gasteiger partial charge in [-0.3, -0.25) is 14.9 Å². The highest BCUT2D eigenvalue weighted by atomic mass is 35.5. The number of hydrogen-bond donors (Lipinski definition) is 1. The van der Waals surface area contributed by atoms with Crippen LogP contribution >= 0.6 is 11.6 Å². The molecule has 0 aliphatic heterocycles. The van der Waals surface area contributed by atoms with E-state index in [4.69, 9.17) is 16.7 Å². The fraction of sp³-hybridized carbons (Fsp3) is 0.375. The van der Waals surface area contributed by atoms with Crippen LogP contribution in [0.3, 0.4) is 0 Å². The zero-order chi connectivity index (χ0) is 17.7. The number of carboxylic acids is 1. The fourth-order valence-electron chi connectivity index (χ4n) is 2.47. The SMILES string of the molecule is CCCCc1nc(CC(=O)O)c(Cl)n1Cc1ccccc1[N+](=O)[O-]. The quantitative estimate of drug-likeness (QED) is 0.580. The Kier molecular flexibility index (Phi) is 5.92. The predicted octanol–water partition coefficient (Wildman–Crippen LogP) is 3.46. The molecule has 0 saturated heterocycles. The second-order valence-corrected chi connectivity index (χ2v) is 5.77. The largest absolute Gasteiger partial charge is 0.481 e. The van der Waals surface area contributed by atoms with Crippen LogP contribution in [0.1, 0.15) is 36.8 Å². The molecule has 1 aromatic carbocycles. The van der Waals surface area contributed by atoms with Crippen molar-refractivity contribution in [3.05, 3.63) is 56.6 Å². The van der Waals surface area contributed by atoms with Crippen molar-refractivity contribution in [2.75, 3.05) is 0 Å². The van der Waals surface area contributed by atoms with E-state index in [-0.39, 0.29) is 29.5 Å². The third kappa shape index (κ3) is 4.11. The molecule has 8 heteroatoms. The summed E-state index contributed by atoms with van der Waals surface area (Å²) >= 11 is 6.30. The summed E-state index contributed by atoms with van der Waals surface area (Å²) in [6, 6.07) is 6.42. The minimum Gasteiger partial charge on any atom is -0.481 e. The Morgan fingerprint density at radius 3 is 2.75 bits per heavy atom. The van der Waals surface area contributed by atoms with Crippen molar-refractivity contribution in [1.29, 1.82) is 0 Å². The number of nitro groups is 1. The molecule has 1 N–H and O–H groups in total. The summed E-state index contributed by atoms with van der Waals surface area (Å²) in [5.41, 5.74) is 0.791. The van der Waals surface area contributed by atoms with Crippen LogP contribution in [-0.4, -0.2) is 25.6 Å². The van der Waals surface area contributed by atoms with E-state index in [0.717, 1.165) is 12.8 Å². The highest BCUT2D eigenvalue weighted by Crippen LogP contribution is 2.25. The number of nitro benzene ring substituents is 1. The van der Waals surface area contributed by atoms with Crippen LogP contribution in [0, 0.1) is 10.1 Å². The van der Waals surface area contributed by atoms with E-state index in [9.17, 15) is 14.9 Å². The molecule has 1 heterocycles. The normalized spacial score (nSPS) is 10.8. The maximum absolute atomic E-state index is 11.2. The number of aromatic nitrogens is 2. The number of hydrogen-bond acceptors (Lipinski definition) is 4. The van der Waals surface area contributed by atoms with Crippen molar-refractivity contribution in [1.82, 2.24) is 9.55 Å². The van der Waals surface area contributed by atoms with Gasteiger partial charge < -0.3 is 9.67 Å². The zero-order valence-corrected chi connectivity index (χ0v) is 14.0. The Balaban J connectivity index is 2.42. The Labute approximate surface area is 144 Å². The number of benzene rings is 1. The summed E-state index contributed by atoms with van der Waals surface area (Å²) in [6.45, 7) is 2.22. The smallest absolute Gasteiger partial charge is 0.309 e. The van der Waals surface area contributed by atoms with Gasteiger partial charge in [0, 0.05) is 18.1 Å². The molecule has 128 valence electrons. The minimum atomic E-state index is -1.02. The van der Waals surface area contributed by atoms with Gasteiger partial charge in [0.1, 0.15) is 11.0 Å². The lowest BCUT2D eigenvalue weighted by atomic mass is 10.1. The molecule has 0 radical (unpaired) electrons. The van der Waals surface area contributed by atoms with Gasteiger partial charge >= 0.3 is 5.97 Å². The van der Waals surface area contributed by atoms with E-state index in [1.807, 2.05) is 6.92 Å². The molecule has 0 aliphatic rings. The first-order chi connectivity index (χ1) is 11.4. The van der Waals surface area contributed by atoms with Crippen LogP contribution in [0.25, 0.3) is 0 Å². The molecule has 24 heavy (non-hydrogen) atoms. The van der Waals surface area contributed by atoms with Crippen molar-refractivity contribution in [3.63, 3.8) is 0 Å². The highest BCUT2D eigenvalue weighted by molar-refractivity contribution is 6.30. The number of para-hydroxylation sites is 1. The summed E-state index contributed by atoms with van der Waals surface area (Å²) in [7, 11) is 0. The van der Waals surface area contributed by atoms with Crippen molar-refractivity contribution < 1.29 is 14.8 Å². The summed E-state index contributed by atoms with van der Waals surface area (Å²) in [6.07, 6.45) is 2.18. The number of aliphatic carboxylic acids is 1. The molecule has 0 saturated carbocycles. The van der Waals surface area contributed by atoms with Gasteiger partial charge in [0.15, 0.2) is 0 Å². The monoisotopic (exact) mass is 351 g/mol. The fourth-order valence-corrected chi connectivity index (χ4v) is 2.73. The van der Waals surface area contributed by atoms with E-state index in [2.05, 4.69) is 4.98 Å². The number of carbonyl (C=O) groups is 1. The standard InChI is InChI=1S/C16H18ClN3O4/c1-2-3-8-14-18-12(9-15(21)22)16(17)19(14)10-11-6-4-5-7-13(11)20(23)24/h4-7H,2-3,8-10H2,1H3,(H,21,22). The number of aryl methyl sites for hydroxylation is 1. The Bertz CT molecular complexity index is 758. The van der Waals surface area contributed by atoms with E-state index in [1.54, 1.807) is 22.8 Å². The van der Waals surface area contributed by atoms with Gasteiger partial charge in [0.2, 0.25) is 0 Å². The average Bonchev–Trinajstić information content (AvgIpc) is 2.81. The van der Waals surface area contributed by atoms with Crippen molar-refractivity contribution in [3.8, 4) is 0 Å². The Morgan fingerprint density at radius 1 is 1.42 bits per heavy atom. The molecule has 7 nitrogen and oxygen atoms in total. The van der Waals surface area contributed by atoms with E-state index in [0.29, 0.717) is 17.8 Å². The van der Waals surface area contributed by atoms with Gasteiger partial charge in [0.05, 0.1) is 23.6 Å². The first-order valence-electron chi connectivity index (χ1n) is 7.61. The van der Waals surface area contributed by atoms with E-state index in [1.165, 1.54) is 6.07 Å². The van der Waals surface area contributed by atoms with Crippen LogP contribution in [0.15, 0.2) is 24.3 Å². The van der Waals surface area contributed by atoms with Crippen molar-refractivity contribution in [2.45, 2.75) is 39.2 Å². The summed E-state index contributed by atoms with van der Waals surface area (Å²) in [5, 5.41) is 20.4. The molecule has 0 aliphatic carbocycles. The van der Waals surface area contributed by atoms with Crippen LogP contribution in [0.2, 0.25) is 5.15 Å². The number of unbranched alkanes of at least 4 members (excludes halogenated alkanes) is 1. The Hall–Kier alpha value is -2.41. The number of rotatable bonds is 8. The lowest BCUT2D eigenvalue weighted by Gasteiger charge is -2.09. The highest BCUT2D eigenvalue weighted by Gasteiger charge is 2.20. The lowest BCUT2D eigenvalue weighted by molar-refractivity contribution is -0.385. The van der Waals surface area contributed by atoms with Crippen molar-refractivity contribution >= 4 is 23.3 Å². The van der Waals surface area contributed by atoms with Gasteiger partial charge in [-0.05, 0) is 6.42 Å². The topological polar surface area (TPSA) is 98.3 Å². The third-order valence-electron chi connectivity index (χ3n) is 3.64. The van der Waals surface area contributed by atoms with E-state index >= 15 is 0 Å². The summed E-state index contributed by atoms with van der Waals surface area (Å²) < 4.78 is 1.66. The number of imidazole rings is 1. The van der Waals surface area contributed by atoms with Gasteiger partial charge in [0.25, 0.3) is 5.69 Å². The molecule has 0 fully saturated rings. The minimum absolute atomic E-state index is 0.00323. The molecule has 0 spiro atoms. The van der Waals surface area contributed by atoms with Gasteiger partial charge in [-0.25, -0.2) is 4.98 Å². The predicted molar refractivity (Wildman–Crippen MR) is 89.4 cm³/mol. The second kappa shape index (κ2) is 7.92. The molecule has 0 unspecified atom stereocenters. The molecule has 2 rings (SSSR count). The van der Waals surface area contributed by atoms with Crippen molar-refractivity contribution in [2.24, 2.45) is 0 Å². The maximum atomic E-state index is 11.2. The van der Waals surface area contributed by atoms with Gasteiger partial charge in [-0.15, -0.1) is 0 Å². The number of nitrogens with zero attached hydrogens (tertiary/aromatic N) is 3. The molecule has 0 amide bonds. The third-order valence-corrected chi connectivity index (χ3v) is 4.06.